The first-order valence-electron chi connectivity index (χ1n) is 5.83. The number of hydrogen-bond donors (Lipinski definition) is 1. The van der Waals surface area contributed by atoms with Crippen LogP contribution in [0.1, 0.15) is 11.1 Å². The van der Waals surface area contributed by atoms with E-state index >= 15 is 0 Å². The Labute approximate surface area is 126 Å². The smallest absolute Gasteiger partial charge is 0.228 e. The Morgan fingerprint density at radius 2 is 1.95 bits per heavy atom. The number of nitrogens with zero attached hydrogens (tertiary/aromatic N) is 1. The van der Waals surface area contributed by atoms with Crippen molar-refractivity contribution in [2.24, 2.45) is 0 Å². The Hall–Kier alpha value is -2.02. The highest BCUT2D eigenvalue weighted by Gasteiger charge is 2.10. The van der Waals surface area contributed by atoms with Crippen molar-refractivity contribution in [3.8, 4) is 6.07 Å². The standard InChI is InChI=1S/C15H10Cl2N2O/c16-12-6-5-11(9-18)14(8-12)19-15(20)7-10-3-1-2-4-13(10)17/h1-6,8H,7H2,(H,19,20). The highest BCUT2D eigenvalue weighted by Crippen LogP contribution is 2.21. The first-order chi connectivity index (χ1) is 9.60. The molecule has 5 heteroatoms. The van der Waals surface area contributed by atoms with Gasteiger partial charge in [-0.15, -0.1) is 0 Å². The van der Waals surface area contributed by atoms with E-state index in [0.29, 0.717) is 21.3 Å². The van der Waals surface area contributed by atoms with Crippen LogP contribution in [-0.4, -0.2) is 5.91 Å². The number of anilines is 1. The van der Waals surface area contributed by atoms with E-state index in [2.05, 4.69) is 5.32 Å². The van der Waals surface area contributed by atoms with Crippen molar-refractivity contribution in [1.29, 1.82) is 5.26 Å². The minimum absolute atomic E-state index is 0.136. The van der Waals surface area contributed by atoms with Crippen molar-refractivity contribution in [2.75, 3.05) is 5.32 Å². The largest absolute Gasteiger partial charge is 0.325 e. The van der Waals surface area contributed by atoms with Crippen LogP contribution in [0, 0.1) is 11.3 Å². The van der Waals surface area contributed by atoms with E-state index in [1.54, 1.807) is 36.4 Å². The van der Waals surface area contributed by atoms with Gasteiger partial charge >= 0.3 is 0 Å². The molecule has 1 amide bonds. The molecule has 1 N–H and O–H groups in total. The molecule has 0 bridgehead atoms. The lowest BCUT2D eigenvalue weighted by molar-refractivity contribution is -0.115. The number of carbonyl (C=O) groups excluding carboxylic acids is 1. The molecule has 0 heterocycles. The molecule has 100 valence electrons. The fourth-order valence-electron chi connectivity index (χ4n) is 1.73. The number of nitrogens with one attached hydrogen (secondary N) is 1. The first kappa shape index (κ1) is 14.4. The number of hydrogen-bond acceptors (Lipinski definition) is 2. The summed E-state index contributed by atoms with van der Waals surface area (Å²) in [5.41, 5.74) is 1.49. The highest BCUT2D eigenvalue weighted by molar-refractivity contribution is 6.31. The van der Waals surface area contributed by atoms with E-state index in [-0.39, 0.29) is 12.3 Å². The van der Waals surface area contributed by atoms with E-state index in [4.69, 9.17) is 28.5 Å². The quantitative estimate of drug-likeness (QED) is 0.930. The first-order valence-corrected chi connectivity index (χ1v) is 6.58. The normalized spacial score (nSPS) is 9.85. The van der Waals surface area contributed by atoms with Gasteiger partial charge in [0, 0.05) is 10.0 Å². The van der Waals surface area contributed by atoms with Crippen molar-refractivity contribution in [3.63, 3.8) is 0 Å². The zero-order valence-corrected chi connectivity index (χ0v) is 11.9. The zero-order chi connectivity index (χ0) is 14.5. The highest BCUT2D eigenvalue weighted by atomic mass is 35.5. The van der Waals surface area contributed by atoms with Crippen LogP contribution >= 0.6 is 23.2 Å². The monoisotopic (exact) mass is 304 g/mol. The fraction of sp³-hybridized carbons (Fsp3) is 0.0667. The number of amides is 1. The molecular formula is C15H10Cl2N2O. The number of rotatable bonds is 3. The molecule has 0 aliphatic rings. The van der Waals surface area contributed by atoms with Crippen molar-refractivity contribution in [3.05, 3.63) is 63.6 Å². The summed E-state index contributed by atoms with van der Waals surface area (Å²) in [4.78, 5) is 12.0. The van der Waals surface area contributed by atoms with E-state index in [1.165, 1.54) is 0 Å². The maximum atomic E-state index is 12.0. The molecule has 0 saturated heterocycles. The number of carbonyl (C=O) groups is 1. The lowest BCUT2D eigenvalue weighted by Gasteiger charge is -2.08. The summed E-state index contributed by atoms with van der Waals surface area (Å²) in [6.07, 6.45) is 0.136. The van der Waals surface area contributed by atoms with Crippen LogP contribution in [0.3, 0.4) is 0 Å². The molecule has 0 aliphatic carbocycles. The Balaban J connectivity index is 2.15. The molecule has 20 heavy (non-hydrogen) atoms. The maximum Gasteiger partial charge on any atom is 0.228 e. The molecule has 3 nitrogen and oxygen atoms in total. The van der Waals surface area contributed by atoms with E-state index < -0.39 is 0 Å². The molecule has 0 radical (unpaired) electrons. The third kappa shape index (κ3) is 3.51. The average molecular weight is 305 g/mol. The van der Waals surface area contributed by atoms with Crippen LogP contribution in [0.2, 0.25) is 10.0 Å². The van der Waals surface area contributed by atoms with Gasteiger partial charge in [-0.2, -0.15) is 5.26 Å². The van der Waals surface area contributed by atoms with Crippen LogP contribution in [0.25, 0.3) is 0 Å². The summed E-state index contributed by atoms with van der Waals surface area (Å²) in [5, 5.41) is 12.7. The molecule has 0 atom stereocenters. The second kappa shape index (κ2) is 6.42. The summed E-state index contributed by atoms with van der Waals surface area (Å²) in [6.45, 7) is 0. The second-order valence-electron chi connectivity index (χ2n) is 4.12. The molecule has 2 rings (SSSR count). The van der Waals surface area contributed by atoms with Gasteiger partial charge in [-0.3, -0.25) is 4.79 Å². The summed E-state index contributed by atoms with van der Waals surface area (Å²) in [6, 6.07) is 13.8. The van der Waals surface area contributed by atoms with Gasteiger partial charge < -0.3 is 5.32 Å². The Kier molecular flexibility index (Phi) is 4.62. The van der Waals surface area contributed by atoms with Gasteiger partial charge in [0.25, 0.3) is 0 Å². The lowest BCUT2D eigenvalue weighted by Crippen LogP contribution is -2.15. The van der Waals surface area contributed by atoms with Crippen molar-refractivity contribution in [1.82, 2.24) is 0 Å². The van der Waals surface area contributed by atoms with Crippen LogP contribution in [0.5, 0.6) is 0 Å². The molecule has 0 fully saturated rings. The Bertz CT molecular complexity index is 693. The van der Waals surface area contributed by atoms with Crippen LogP contribution < -0.4 is 5.32 Å². The van der Waals surface area contributed by atoms with Gasteiger partial charge in [0.1, 0.15) is 6.07 Å². The summed E-state index contributed by atoms with van der Waals surface area (Å²) in [5.74, 6) is -0.253. The molecule has 2 aromatic rings. The predicted molar refractivity (Wildman–Crippen MR) is 80.0 cm³/mol. The molecular weight excluding hydrogens is 295 g/mol. The SMILES string of the molecule is N#Cc1ccc(Cl)cc1NC(=O)Cc1ccccc1Cl. The Morgan fingerprint density at radius 1 is 1.20 bits per heavy atom. The summed E-state index contributed by atoms with van der Waals surface area (Å²) in [7, 11) is 0. The molecule has 0 aliphatic heterocycles. The van der Waals surface area contributed by atoms with Gasteiger partial charge in [0.15, 0.2) is 0 Å². The van der Waals surface area contributed by atoms with Gasteiger partial charge in [-0.05, 0) is 29.8 Å². The van der Waals surface area contributed by atoms with Crippen LogP contribution in [0.4, 0.5) is 5.69 Å². The fourth-order valence-corrected chi connectivity index (χ4v) is 2.10. The third-order valence-corrected chi connectivity index (χ3v) is 3.29. The van der Waals surface area contributed by atoms with E-state index in [0.717, 1.165) is 5.56 Å². The van der Waals surface area contributed by atoms with Crippen molar-refractivity contribution in [2.45, 2.75) is 6.42 Å². The number of benzene rings is 2. The van der Waals surface area contributed by atoms with Crippen LogP contribution in [0.15, 0.2) is 42.5 Å². The zero-order valence-electron chi connectivity index (χ0n) is 10.4. The van der Waals surface area contributed by atoms with Gasteiger partial charge in [0.05, 0.1) is 17.7 Å². The average Bonchev–Trinajstić information content (AvgIpc) is 2.41. The summed E-state index contributed by atoms with van der Waals surface area (Å²) >= 11 is 11.9. The lowest BCUT2D eigenvalue weighted by atomic mass is 10.1. The van der Waals surface area contributed by atoms with Crippen molar-refractivity contribution < 1.29 is 4.79 Å². The second-order valence-corrected chi connectivity index (χ2v) is 4.96. The molecule has 0 spiro atoms. The molecule has 0 saturated carbocycles. The third-order valence-electron chi connectivity index (χ3n) is 2.69. The minimum atomic E-state index is -0.253. The number of nitriles is 1. The maximum absolute atomic E-state index is 12.0. The minimum Gasteiger partial charge on any atom is -0.325 e. The molecule has 0 unspecified atom stereocenters. The van der Waals surface area contributed by atoms with Crippen molar-refractivity contribution >= 4 is 34.8 Å². The predicted octanol–water partition coefficient (Wildman–Crippen LogP) is 4.05. The number of halogens is 2. The van der Waals surface area contributed by atoms with Gasteiger partial charge in [-0.1, -0.05) is 41.4 Å². The van der Waals surface area contributed by atoms with Crippen LogP contribution in [-0.2, 0) is 11.2 Å². The Morgan fingerprint density at radius 3 is 2.65 bits per heavy atom. The molecule has 2 aromatic carbocycles. The summed E-state index contributed by atoms with van der Waals surface area (Å²) < 4.78 is 0. The topological polar surface area (TPSA) is 52.9 Å². The van der Waals surface area contributed by atoms with Gasteiger partial charge in [-0.25, -0.2) is 0 Å². The van der Waals surface area contributed by atoms with E-state index in [1.807, 2.05) is 12.1 Å². The van der Waals surface area contributed by atoms with E-state index in [9.17, 15) is 4.79 Å². The van der Waals surface area contributed by atoms with Gasteiger partial charge in [0.2, 0.25) is 5.91 Å². The molecule has 0 aromatic heterocycles.